The van der Waals surface area contributed by atoms with Crippen LogP contribution < -0.4 is 5.69 Å². The fraction of sp³-hybridized carbons (Fsp3) is 0.471. The van der Waals surface area contributed by atoms with Crippen molar-refractivity contribution < 1.29 is 22.7 Å². The summed E-state index contributed by atoms with van der Waals surface area (Å²) in [5, 5.41) is 2.67. The zero-order chi connectivity index (χ0) is 21.2. The summed E-state index contributed by atoms with van der Waals surface area (Å²) in [5.41, 5.74) is -1.23. The highest BCUT2D eigenvalue weighted by Gasteiger charge is 2.26. The molecule has 1 atom stereocenters. The first-order chi connectivity index (χ1) is 13.1. The van der Waals surface area contributed by atoms with Crippen molar-refractivity contribution in [1.29, 1.82) is 0 Å². The predicted molar refractivity (Wildman–Crippen MR) is 98.1 cm³/mol. The normalized spacial score (nSPS) is 12.5. The number of esters is 1. The third kappa shape index (κ3) is 4.20. The summed E-state index contributed by atoms with van der Waals surface area (Å²) in [4.78, 5) is 24.1. The van der Waals surface area contributed by atoms with Gasteiger partial charge in [-0.05, 0) is 31.9 Å². The molecule has 154 valence electrons. The van der Waals surface area contributed by atoms with Crippen molar-refractivity contribution in [3.63, 3.8) is 0 Å². The molecule has 1 aromatic heterocycles. The Morgan fingerprint density at radius 2 is 2.00 bits per heavy atom. The first-order valence-electron chi connectivity index (χ1n) is 8.41. The van der Waals surface area contributed by atoms with Crippen LogP contribution in [0.15, 0.2) is 10.9 Å². The van der Waals surface area contributed by atoms with Crippen molar-refractivity contribution in [1.82, 2.24) is 14.3 Å². The van der Waals surface area contributed by atoms with Gasteiger partial charge in [0.2, 0.25) is 0 Å². The van der Waals surface area contributed by atoms with Crippen LogP contribution in [0.3, 0.4) is 0 Å². The lowest BCUT2D eigenvalue weighted by molar-refractivity contribution is -0.142. The maximum Gasteiger partial charge on any atom is 0.355 e. The van der Waals surface area contributed by atoms with Crippen molar-refractivity contribution in [3.05, 3.63) is 44.3 Å². The fourth-order valence-electron chi connectivity index (χ4n) is 2.72. The molecule has 28 heavy (non-hydrogen) atoms. The minimum Gasteiger partial charge on any atom is -0.465 e. The topological polar surface area (TPSA) is 66.1 Å². The number of aromatic nitrogens is 3. The monoisotopic (exact) mass is 439 g/mol. The van der Waals surface area contributed by atoms with Gasteiger partial charge in [-0.15, -0.1) is 16.7 Å². The summed E-state index contributed by atoms with van der Waals surface area (Å²) in [6, 6.07) is 1.18. The molecule has 1 unspecified atom stereocenters. The van der Waals surface area contributed by atoms with Gasteiger partial charge in [0.05, 0.1) is 11.6 Å². The van der Waals surface area contributed by atoms with Crippen LogP contribution in [0.4, 0.5) is 13.2 Å². The van der Waals surface area contributed by atoms with Gasteiger partial charge in [-0.25, -0.2) is 13.8 Å². The Labute approximate surface area is 168 Å². The van der Waals surface area contributed by atoms with Crippen LogP contribution in [0.25, 0.3) is 5.69 Å². The van der Waals surface area contributed by atoms with Crippen LogP contribution in [0.2, 0.25) is 5.02 Å². The Hall–Kier alpha value is -2.00. The molecule has 0 saturated carbocycles. The predicted octanol–water partition coefficient (Wildman–Crippen LogP) is 3.81. The van der Waals surface area contributed by atoms with Gasteiger partial charge >= 0.3 is 18.2 Å². The molecule has 0 aliphatic rings. The number of aryl methyl sites for hydroxylation is 1. The Kier molecular flexibility index (Phi) is 7.16. The molecule has 1 aromatic carbocycles. The third-order valence-corrected chi connectivity index (χ3v) is 4.85. The van der Waals surface area contributed by atoms with Crippen molar-refractivity contribution in [2.75, 3.05) is 6.61 Å². The largest absolute Gasteiger partial charge is 0.465 e. The molecule has 0 saturated heterocycles. The molecule has 0 fully saturated rings. The number of nitrogens with zero attached hydrogens (tertiary/aromatic N) is 3. The van der Waals surface area contributed by atoms with Crippen LogP contribution in [-0.2, 0) is 22.4 Å². The minimum absolute atomic E-state index is 0.0387. The van der Waals surface area contributed by atoms with E-state index in [9.17, 15) is 22.8 Å². The highest BCUT2D eigenvalue weighted by atomic mass is 35.5. The van der Waals surface area contributed by atoms with Gasteiger partial charge in [-0.2, -0.15) is 13.5 Å². The fourth-order valence-corrected chi connectivity index (χ4v) is 3.29. The second kappa shape index (κ2) is 9.00. The zero-order valence-corrected chi connectivity index (χ0v) is 16.8. The van der Waals surface area contributed by atoms with Gasteiger partial charge in [0.1, 0.15) is 16.9 Å². The van der Waals surface area contributed by atoms with Gasteiger partial charge in [0.25, 0.3) is 0 Å². The minimum atomic E-state index is -3.13. The average molecular weight is 440 g/mol. The van der Waals surface area contributed by atoms with Gasteiger partial charge in [-0.1, -0.05) is 18.5 Å². The van der Waals surface area contributed by atoms with E-state index < -0.39 is 29.4 Å². The van der Waals surface area contributed by atoms with Gasteiger partial charge in [0.15, 0.2) is 5.82 Å². The standard InChI is InChI=1S/C17H18Cl2F3N3O3/c1-4-10-13(19)9(6-11(18)15(26)28-5-2)7-12(14(10)20)25-17(27)24(16(21)22)8(3)23-25/h7,11,16H,4-6H2,1-3H3. The van der Waals surface area contributed by atoms with Crippen LogP contribution in [-0.4, -0.2) is 32.3 Å². The van der Waals surface area contributed by atoms with E-state index in [1.54, 1.807) is 13.8 Å². The summed E-state index contributed by atoms with van der Waals surface area (Å²) in [7, 11) is 0. The zero-order valence-electron chi connectivity index (χ0n) is 15.3. The number of hydrogen-bond donors (Lipinski definition) is 0. The molecule has 0 bridgehead atoms. The average Bonchev–Trinajstić information content (AvgIpc) is 2.92. The van der Waals surface area contributed by atoms with E-state index in [0.717, 1.165) is 0 Å². The number of carbonyl (C=O) groups is 1. The van der Waals surface area contributed by atoms with Crippen LogP contribution in [0.5, 0.6) is 0 Å². The van der Waals surface area contributed by atoms with E-state index >= 15 is 0 Å². The number of alkyl halides is 3. The SMILES string of the molecule is CCOC(=O)C(Cl)Cc1cc(-n2nc(C)n(C(F)F)c2=O)c(F)c(CC)c1Cl. The van der Waals surface area contributed by atoms with E-state index in [1.165, 1.54) is 13.0 Å². The first-order valence-corrected chi connectivity index (χ1v) is 9.22. The number of carbonyl (C=O) groups excluding carboxylic acids is 1. The van der Waals surface area contributed by atoms with Crippen LogP contribution in [0, 0.1) is 12.7 Å². The quantitative estimate of drug-likeness (QED) is 0.485. The second-order valence-corrected chi connectivity index (χ2v) is 6.73. The van der Waals surface area contributed by atoms with Crippen molar-refractivity contribution in [2.24, 2.45) is 0 Å². The molecular weight excluding hydrogens is 422 g/mol. The molecule has 2 rings (SSSR count). The highest BCUT2D eigenvalue weighted by Crippen LogP contribution is 2.31. The molecule has 6 nitrogen and oxygen atoms in total. The first kappa shape index (κ1) is 22.3. The molecule has 1 heterocycles. The Balaban J connectivity index is 2.62. The Morgan fingerprint density at radius 1 is 1.36 bits per heavy atom. The second-order valence-electron chi connectivity index (χ2n) is 5.83. The van der Waals surface area contributed by atoms with E-state index in [0.29, 0.717) is 4.68 Å². The number of hydrogen-bond acceptors (Lipinski definition) is 4. The molecule has 0 spiro atoms. The van der Waals surface area contributed by atoms with Gasteiger partial charge < -0.3 is 4.74 Å². The van der Waals surface area contributed by atoms with Gasteiger partial charge in [0, 0.05) is 12.0 Å². The Morgan fingerprint density at radius 3 is 2.50 bits per heavy atom. The van der Waals surface area contributed by atoms with E-state index in [1.807, 2.05) is 0 Å². The number of benzene rings is 1. The number of halogens is 5. The lowest BCUT2D eigenvalue weighted by Crippen LogP contribution is -2.26. The summed E-state index contributed by atoms with van der Waals surface area (Å²) in [6.07, 6.45) is 0.0456. The van der Waals surface area contributed by atoms with Crippen LogP contribution >= 0.6 is 23.2 Å². The maximum absolute atomic E-state index is 14.9. The maximum atomic E-state index is 14.9. The third-order valence-electron chi connectivity index (χ3n) is 4.05. The molecule has 0 amide bonds. The summed E-state index contributed by atoms with van der Waals surface area (Å²) in [5.74, 6) is -1.82. The summed E-state index contributed by atoms with van der Waals surface area (Å²) >= 11 is 12.3. The van der Waals surface area contributed by atoms with Crippen molar-refractivity contribution in [2.45, 2.75) is 45.5 Å². The lowest BCUT2D eigenvalue weighted by Gasteiger charge is -2.15. The summed E-state index contributed by atoms with van der Waals surface area (Å²) in [6.45, 7) is 1.46. The molecule has 11 heteroatoms. The molecule has 0 radical (unpaired) electrons. The highest BCUT2D eigenvalue weighted by molar-refractivity contribution is 6.33. The summed E-state index contributed by atoms with van der Waals surface area (Å²) < 4.78 is 46.6. The van der Waals surface area contributed by atoms with Crippen molar-refractivity contribution >= 4 is 29.2 Å². The Bertz CT molecular complexity index is 944. The van der Waals surface area contributed by atoms with E-state index in [4.69, 9.17) is 27.9 Å². The molecule has 0 N–H and O–H groups in total. The molecule has 2 aromatic rings. The molecular formula is C17H18Cl2F3N3O3. The number of ether oxygens (including phenoxy) is 1. The van der Waals surface area contributed by atoms with E-state index in [2.05, 4.69) is 5.10 Å². The molecule has 0 aliphatic heterocycles. The smallest absolute Gasteiger partial charge is 0.355 e. The van der Waals surface area contributed by atoms with Gasteiger partial charge in [-0.3, -0.25) is 4.79 Å². The van der Waals surface area contributed by atoms with Crippen molar-refractivity contribution in [3.8, 4) is 5.69 Å². The number of rotatable bonds is 7. The van der Waals surface area contributed by atoms with E-state index in [-0.39, 0.29) is 51.7 Å². The van der Waals surface area contributed by atoms with Crippen LogP contribution in [0.1, 0.15) is 37.3 Å². The lowest BCUT2D eigenvalue weighted by atomic mass is 10.0. The molecule has 0 aliphatic carbocycles.